The predicted molar refractivity (Wildman–Crippen MR) is 101 cm³/mol. The molecule has 2 nitrogen and oxygen atoms in total. The molecule has 124 valence electrons. The van der Waals surface area contributed by atoms with Crippen molar-refractivity contribution in [3.63, 3.8) is 0 Å². The highest BCUT2D eigenvalue weighted by Crippen LogP contribution is 2.28. The Hall–Kier alpha value is -1.61. The molecule has 0 amide bonds. The number of hydrogen-bond acceptors (Lipinski definition) is 2. The number of halogens is 2. The summed E-state index contributed by atoms with van der Waals surface area (Å²) in [6.07, 6.45) is 3.70. The fourth-order valence-corrected chi connectivity index (χ4v) is 3.30. The number of Topliss-reactive ketones (excluding diaryl/α,β-unsaturated/α-hetero) is 1. The van der Waals surface area contributed by atoms with Crippen molar-refractivity contribution >= 4 is 34.6 Å². The highest BCUT2D eigenvalue weighted by Gasteiger charge is 2.16. The highest BCUT2D eigenvalue weighted by molar-refractivity contribution is 6.32. The summed E-state index contributed by atoms with van der Waals surface area (Å²) in [5, 5.41) is 1.45. The molecule has 24 heavy (non-hydrogen) atoms. The van der Waals surface area contributed by atoms with E-state index < -0.39 is 0 Å². The van der Waals surface area contributed by atoms with E-state index in [1.54, 1.807) is 24.3 Å². The Morgan fingerprint density at radius 3 is 2.46 bits per heavy atom. The molecule has 0 saturated carbocycles. The number of ketones is 1. The fourth-order valence-electron chi connectivity index (χ4n) is 2.92. The lowest BCUT2D eigenvalue weighted by atomic mass is 9.99. The first-order chi connectivity index (χ1) is 11.6. The number of carbonyl (C=O) groups excluding carboxylic acids is 1. The summed E-state index contributed by atoms with van der Waals surface area (Å²) in [6, 6.07) is 15.0. The van der Waals surface area contributed by atoms with Gasteiger partial charge in [-0.15, -0.1) is 0 Å². The summed E-state index contributed by atoms with van der Waals surface area (Å²) in [5.41, 5.74) is 3.14. The van der Waals surface area contributed by atoms with Gasteiger partial charge < -0.3 is 0 Å². The largest absolute Gasteiger partial charge is 0.299 e. The Bertz CT molecular complexity index is 752. The van der Waals surface area contributed by atoms with Crippen LogP contribution in [0.15, 0.2) is 54.6 Å². The maximum atomic E-state index is 12.2. The van der Waals surface area contributed by atoms with E-state index in [0.29, 0.717) is 11.4 Å². The van der Waals surface area contributed by atoms with Crippen molar-refractivity contribution in [2.75, 3.05) is 19.6 Å². The first-order valence-electron chi connectivity index (χ1n) is 8.08. The molecule has 4 heteroatoms. The van der Waals surface area contributed by atoms with E-state index in [9.17, 15) is 4.79 Å². The Kier molecular flexibility index (Phi) is 5.72. The molecule has 0 fully saturated rings. The summed E-state index contributed by atoms with van der Waals surface area (Å²) >= 11 is 12.1. The van der Waals surface area contributed by atoms with E-state index in [4.69, 9.17) is 23.2 Å². The van der Waals surface area contributed by atoms with Crippen LogP contribution >= 0.6 is 23.2 Å². The Morgan fingerprint density at radius 2 is 1.79 bits per heavy atom. The molecule has 0 spiro atoms. The fraction of sp³-hybridized carbons (Fsp3) is 0.250. The van der Waals surface area contributed by atoms with Gasteiger partial charge in [-0.2, -0.15) is 0 Å². The Morgan fingerprint density at radius 1 is 1.04 bits per heavy atom. The summed E-state index contributed by atoms with van der Waals surface area (Å²) in [7, 11) is 0. The minimum Gasteiger partial charge on any atom is -0.299 e. The molecule has 0 saturated heterocycles. The molecule has 0 aliphatic carbocycles. The van der Waals surface area contributed by atoms with Crippen LogP contribution in [0.2, 0.25) is 10.0 Å². The van der Waals surface area contributed by atoms with Gasteiger partial charge in [0, 0.05) is 41.7 Å². The van der Waals surface area contributed by atoms with Gasteiger partial charge in [0.05, 0.1) is 0 Å². The van der Waals surface area contributed by atoms with Gasteiger partial charge in [0.1, 0.15) is 0 Å². The third kappa shape index (κ3) is 4.27. The van der Waals surface area contributed by atoms with Crippen LogP contribution in [-0.4, -0.2) is 30.3 Å². The van der Waals surface area contributed by atoms with Gasteiger partial charge in [0.2, 0.25) is 0 Å². The van der Waals surface area contributed by atoms with Gasteiger partial charge in [-0.3, -0.25) is 9.69 Å². The first kappa shape index (κ1) is 17.2. The summed E-state index contributed by atoms with van der Waals surface area (Å²) in [4.78, 5) is 14.5. The maximum Gasteiger partial charge on any atom is 0.164 e. The molecule has 3 rings (SSSR count). The molecule has 0 aromatic heterocycles. The van der Waals surface area contributed by atoms with Crippen LogP contribution in [0.4, 0.5) is 0 Å². The van der Waals surface area contributed by atoms with Crippen LogP contribution in [0.5, 0.6) is 0 Å². The lowest BCUT2D eigenvalue weighted by Crippen LogP contribution is -2.30. The topological polar surface area (TPSA) is 20.3 Å². The third-order valence-electron chi connectivity index (χ3n) is 4.33. The van der Waals surface area contributed by atoms with Gasteiger partial charge >= 0.3 is 0 Å². The Balaban J connectivity index is 1.54. The molecule has 0 radical (unpaired) electrons. The second-order valence-corrected chi connectivity index (χ2v) is 6.78. The van der Waals surface area contributed by atoms with Crippen molar-refractivity contribution < 1.29 is 4.79 Å². The summed E-state index contributed by atoms with van der Waals surface area (Å²) in [5.74, 6) is 0.160. The van der Waals surface area contributed by atoms with Crippen molar-refractivity contribution in [2.24, 2.45) is 0 Å². The molecule has 0 bridgehead atoms. The molecule has 1 aliphatic rings. The number of hydrogen-bond donors (Lipinski definition) is 0. The van der Waals surface area contributed by atoms with Crippen molar-refractivity contribution in [1.29, 1.82) is 0 Å². The van der Waals surface area contributed by atoms with Gasteiger partial charge in [-0.1, -0.05) is 47.5 Å². The predicted octanol–water partition coefficient (Wildman–Crippen LogP) is 5.36. The zero-order chi connectivity index (χ0) is 16.9. The number of nitrogens with zero attached hydrogens (tertiary/aromatic N) is 1. The zero-order valence-corrected chi connectivity index (χ0v) is 14.9. The lowest BCUT2D eigenvalue weighted by molar-refractivity contribution is 0.0966. The second-order valence-electron chi connectivity index (χ2n) is 5.94. The molecule has 1 heterocycles. The second kappa shape index (κ2) is 7.98. The number of benzene rings is 2. The molecule has 2 aromatic carbocycles. The van der Waals surface area contributed by atoms with E-state index in [2.05, 4.69) is 17.0 Å². The summed E-state index contributed by atoms with van der Waals surface area (Å²) < 4.78 is 0. The van der Waals surface area contributed by atoms with Gasteiger partial charge in [-0.05, 0) is 47.9 Å². The van der Waals surface area contributed by atoms with Crippen molar-refractivity contribution in [3.8, 4) is 0 Å². The zero-order valence-electron chi connectivity index (χ0n) is 13.3. The van der Waals surface area contributed by atoms with Crippen LogP contribution in [-0.2, 0) is 0 Å². The van der Waals surface area contributed by atoms with E-state index >= 15 is 0 Å². The van der Waals surface area contributed by atoms with Crippen molar-refractivity contribution in [3.05, 3.63) is 75.8 Å². The van der Waals surface area contributed by atoms with Crippen LogP contribution in [0.25, 0.3) is 5.57 Å². The average molecular weight is 360 g/mol. The number of carbonyl (C=O) groups is 1. The van der Waals surface area contributed by atoms with Crippen molar-refractivity contribution in [2.45, 2.75) is 12.8 Å². The molecule has 0 atom stereocenters. The molecule has 0 N–H and O–H groups in total. The molecule has 2 aromatic rings. The van der Waals surface area contributed by atoms with Crippen LogP contribution in [0, 0.1) is 0 Å². The monoisotopic (exact) mass is 359 g/mol. The van der Waals surface area contributed by atoms with E-state index in [1.807, 2.05) is 18.2 Å². The average Bonchev–Trinajstić information content (AvgIpc) is 2.61. The quantitative estimate of drug-likeness (QED) is 0.670. The minimum absolute atomic E-state index is 0.160. The lowest BCUT2D eigenvalue weighted by Gasteiger charge is -2.26. The van der Waals surface area contributed by atoms with E-state index in [-0.39, 0.29) is 5.78 Å². The standard InChI is InChI=1S/C20H19Cl2NO/c21-17-7-5-16(6-8-17)20(24)11-14-23-12-9-15(10-13-23)18-3-1-2-4-19(18)22/h1-9H,10-14H2. The molecular weight excluding hydrogens is 341 g/mol. The van der Waals surface area contributed by atoms with E-state index in [1.165, 1.54) is 5.57 Å². The van der Waals surface area contributed by atoms with Crippen LogP contribution in [0.3, 0.4) is 0 Å². The number of rotatable bonds is 5. The van der Waals surface area contributed by atoms with Gasteiger partial charge in [0.15, 0.2) is 5.78 Å². The molecular formula is C20H19Cl2NO. The van der Waals surface area contributed by atoms with Gasteiger partial charge in [0.25, 0.3) is 0 Å². The van der Waals surface area contributed by atoms with E-state index in [0.717, 1.165) is 42.2 Å². The molecule has 0 unspecified atom stereocenters. The molecule has 1 aliphatic heterocycles. The first-order valence-corrected chi connectivity index (χ1v) is 8.84. The van der Waals surface area contributed by atoms with Crippen molar-refractivity contribution in [1.82, 2.24) is 4.90 Å². The Labute approximate surface area is 152 Å². The van der Waals surface area contributed by atoms with Gasteiger partial charge in [-0.25, -0.2) is 0 Å². The highest BCUT2D eigenvalue weighted by atomic mass is 35.5. The maximum absolute atomic E-state index is 12.2. The van der Waals surface area contributed by atoms with Crippen LogP contribution < -0.4 is 0 Å². The summed E-state index contributed by atoms with van der Waals surface area (Å²) in [6.45, 7) is 2.58. The smallest absolute Gasteiger partial charge is 0.164 e. The van der Waals surface area contributed by atoms with Crippen LogP contribution in [0.1, 0.15) is 28.8 Å². The third-order valence-corrected chi connectivity index (χ3v) is 4.92. The normalized spacial score (nSPS) is 15.2. The minimum atomic E-state index is 0.160. The SMILES string of the molecule is O=C(CCN1CC=C(c2ccccc2Cl)CC1)c1ccc(Cl)cc1.